The van der Waals surface area contributed by atoms with Crippen LogP contribution in [0.3, 0.4) is 0 Å². The molecule has 15 heavy (non-hydrogen) atoms. The Morgan fingerprint density at radius 2 is 2.27 bits per heavy atom. The number of hydrogen-bond acceptors (Lipinski definition) is 2. The van der Waals surface area contributed by atoms with Crippen molar-refractivity contribution in [2.45, 2.75) is 25.5 Å². The van der Waals surface area contributed by atoms with Crippen LogP contribution in [0.25, 0.3) is 0 Å². The Kier molecular flexibility index (Phi) is 4.69. The standard InChI is InChI=1S/C12H17NOS/c1-9-4-3-5-11(8-9)6-7-13-12(14)10(2)15/h3-5,8,10,15H,6-7H2,1-2H3,(H,13,14). The van der Waals surface area contributed by atoms with Crippen molar-refractivity contribution in [1.29, 1.82) is 0 Å². The Balaban J connectivity index is 2.35. The van der Waals surface area contributed by atoms with Gasteiger partial charge in [0.1, 0.15) is 0 Å². The number of nitrogens with one attached hydrogen (secondary N) is 1. The van der Waals surface area contributed by atoms with Crippen LogP contribution in [0.1, 0.15) is 18.1 Å². The zero-order valence-corrected chi connectivity index (χ0v) is 10.1. The first-order valence-corrected chi connectivity index (χ1v) is 5.62. The van der Waals surface area contributed by atoms with Crippen molar-refractivity contribution in [3.05, 3.63) is 35.4 Å². The van der Waals surface area contributed by atoms with E-state index in [1.807, 2.05) is 6.07 Å². The van der Waals surface area contributed by atoms with Crippen LogP contribution in [-0.4, -0.2) is 17.7 Å². The van der Waals surface area contributed by atoms with Gasteiger partial charge in [-0.05, 0) is 25.8 Å². The van der Waals surface area contributed by atoms with E-state index in [9.17, 15) is 4.79 Å². The van der Waals surface area contributed by atoms with Crippen molar-refractivity contribution in [2.24, 2.45) is 0 Å². The van der Waals surface area contributed by atoms with Gasteiger partial charge in [0.25, 0.3) is 0 Å². The highest BCUT2D eigenvalue weighted by Crippen LogP contribution is 2.04. The summed E-state index contributed by atoms with van der Waals surface area (Å²) in [5, 5.41) is 2.60. The number of benzene rings is 1. The number of carbonyl (C=O) groups is 1. The smallest absolute Gasteiger partial charge is 0.232 e. The summed E-state index contributed by atoms with van der Waals surface area (Å²) in [6, 6.07) is 8.31. The van der Waals surface area contributed by atoms with Crippen molar-refractivity contribution >= 4 is 18.5 Å². The van der Waals surface area contributed by atoms with Gasteiger partial charge in [-0.3, -0.25) is 4.79 Å². The fourth-order valence-corrected chi connectivity index (χ4v) is 1.44. The number of thiol groups is 1. The molecule has 1 aromatic rings. The normalized spacial score (nSPS) is 12.2. The Morgan fingerprint density at radius 1 is 1.53 bits per heavy atom. The molecule has 0 radical (unpaired) electrons. The molecule has 1 N–H and O–H groups in total. The SMILES string of the molecule is Cc1cccc(CCNC(=O)C(C)S)c1. The van der Waals surface area contributed by atoms with Gasteiger partial charge < -0.3 is 5.32 Å². The summed E-state index contributed by atoms with van der Waals surface area (Å²) in [5.74, 6) is -0.00835. The number of carbonyl (C=O) groups excluding carboxylic acids is 1. The average Bonchev–Trinajstić information content (AvgIpc) is 2.17. The van der Waals surface area contributed by atoms with Crippen molar-refractivity contribution < 1.29 is 4.79 Å². The number of rotatable bonds is 4. The maximum atomic E-state index is 11.2. The molecule has 0 saturated carbocycles. The predicted molar refractivity (Wildman–Crippen MR) is 66.3 cm³/mol. The van der Waals surface area contributed by atoms with Crippen molar-refractivity contribution in [2.75, 3.05) is 6.54 Å². The first kappa shape index (κ1) is 12.1. The van der Waals surface area contributed by atoms with Gasteiger partial charge >= 0.3 is 0 Å². The zero-order chi connectivity index (χ0) is 11.3. The highest BCUT2D eigenvalue weighted by Gasteiger charge is 2.05. The van der Waals surface area contributed by atoms with Crippen LogP contribution in [0.5, 0.6) is 0 Å². The summed E-state index contributed by atoms with van der Waals surface area (Å²) in [6.45, 7) is 4.51. The summed E-state index contributed by atoms with van der Waals surface area (Å²) in [5.41, 5.74) is 2.50. The molecule has 1 atom stereocenters. The molecule has 1 rings (SSSR count). The fraction of sp³-hybridized carbons (Fsp3) is 0.417. The molecule has 1 amide bonds. The molecule has 2 nitrogen and oxygen atoms in total. The minimum Gasteiger partial charge on any atom is -0.355 e. The molecule has 0 aliphatic heterocycles. The first-order chi connectivity index (χ1) is 7.09. The van der Waals surface area contributed by atoms with Crippen LogP contribution in [0.2, 0.25) is 0 Å². The maximum Gasteiger partial charge on any atom is 0.232 e. The maximum absolute atomic E-state index is 11.2. The van der Waals surface area contributed by atoms with Gasteiger partial charge in [-0.15, -0.1) is 0 Å². The van der Waals surface area contributed by atoms with Crippen LogP contribution >= 0.6 is 12.6 Å². The zero-order valence-electron chi connectivity index (χ0n) is 9.16. The lowest BCUT2D eigenvalue weighted by Gasteiger charge is -2.07. The highest BCUT2D eigenvalue weighted by atomic mass is 32.1. The van der Waals surface area contributed by atoms with Crippen LogP contribution in [0.15, 0.2) is 24.3 Å². The van der Waals surface area contributed by atoms with E-state index in [4.69, 9.17) is 0 Å². The molecule has 1 aromatic carbocycles. The van der Waals surface area contributed by atoms with Crippen molar-refractivity contribution in [1.82, 2.24) is 5.32 Å². The molecule has 0 aliphatic rings. The van der Waals surface area contributed by atoms with E-state index < -0.39 is 0 Å². The third-order valence-electron chi connectivity index (χ3n) is 2.17. The number of aryl methyl sites for hydroxylation is 1. The summed E-state index contributed by atoms with van der Waals surface area (Å²) < 4.78 is 0. The minimum atomic E-state index is -0.234. The van der Waals surface area contributed by atoms with Crippen molar-refractivity contribution in [3.8, 4) is 0 Å². The van der Waals surface area contributed by atoms with Crippen LogP contribution in [0.4, 0.5) is 0 Å². The Morgan fingerprint density at radius 3 is 2.87 bits per heavy atom. The second-order valence-electron chi connectivity index (χ2n) is 3.71. The minimum absolute atomic E-state index is 0.00835. The molecule has 0 aliphatic carbocycles. The number of hydrogen-bond donors (Lipinski definition) is 2. The molecule has 0 bridgehead atoms. The van der Waals surface area contributed by atoms with E-state index in [-0.39, 0.29) is 11.2 Å². The van der Waals surface area contributed by atoms with Gasteiger partial charge in [0.2, 0.25) is 5.91 Å². The quantitative estimate of drug-likeness (QED) is 0.751. The topological polar surface area (TPSA) is 29.1 Å². The van der Waals surface area contributed by atoms with Crippen molar-refractivity contribution in [3.63, 3.8) is 0 Å². The molecule has 0 spiro atoms. The van der Waals surface area contributed by atoms with E-state index >= 15 is 0 Å². The van der Waals surface area contributed by atoms with Gasteiger partial charge in [-0.25, -0.2) is 0 Å². The lowest BCUT2D eigenvalue weighted by Crippen LogP contribution is -2.31. The predicted octanol–water partition coefficient (Wildman–Crippen LogP) is 1.97. The Hall–Kier alpha value is -0.960. The number of amides is 1. The molecule has 82 valence electrons. The van der Waals surface area contributed by atoms with Gasteiger partial charge in [0, 0.05) is 6.54 Å². The molecular formula is C12H17NOS. The van der Waals surface area contributed by atoms with Crippen LogP contribution < -0.4 is 5.32 Å². The van der Waals surface area contributed by atoms with Gasteiger partial charge in [-0.2, -0.15) is 12.6 Å². The summed E-state index contributed by atoms with van der Waals surface area (Å²) in [7, 11) is 0. The third kappa shape index (κ3) is 4.38. The molecule has 3 heteroatoms. The van der Waals surface area contributed by atoms with E-state index in [0.29, 0.717) is 6.54 Å². The summed E-state index contributed by atoms with van der Waals surface area (Å²) in [6.07, 6.45) is 0.869. The lowest BCUT2D eigenvalue weighted by molar-refractivity contribution is -0.120. The third-order valence-corrected chi connectivity index (χ3v) is 2.41. The Bertz CT molecular complexity index is 336. The van der Waals surface area contributed by atoms with E-state index in [2.05, 4.69) is 43.1 Å². The molecule has 0 heterocycles. The molecule has 0 fully saturated rings. The van der Waals surface area contributed by atoms with Gasteiger partial charge in [0.05, 0.1) is 5.25 Å². The average molecular weight is 223 g/mol. The molecule has 1 unspecified atom stereocenters. The summed E-state index contributed by atoms with van der Waals surface area (Å²) in [4.78, 5) is 11.2. The van der Waals surface area contributed by atoms with E-state index in [1.54, 1.807) is 6.92 Å². The lowest BCUT2D eigenvalue weighted by atomic mass is 10.1. The highest BCUT2D eigenvalue weighted by molar-refractivity contribution is 7.81. The molecule has 0 aromatic heterocycles. The molecular weight excluding hydrogens is 206 g/mol. The molecule has 0 saturated heterocycles. The second kappa shape index (κ2) is 5.81. The second-order valence-corrected chi connectivity index (χ2v) is 4.48. The Labute approximate surface area is 96.5 Å². The first-order valence-electron chi connectivity index (χ1n) is 5.11. The largest absolute Gasteiger partial charge is 0.355 e. The van der Waals surface area contributed by atoms with Crippen LogP contribution in [0, 0.1) is 6.92 Å². The van der Waals surface area contributed by atoms with Gasteiger partial charge in [-0.1, -0.05) is 29.8 Å². The van der Waals surface area contributed by atoms with E-state index in [1.165, 1.54) is 11.1 Å². The van der Waals surface area contributed by atoms with Crippen LogP contribution in [-0.2, 0) is 11.2 Å². The van der Waals surface area contributed by atoms with Gasteiger partial charge in [0.15, 0.2) is 0 Å². The van der Waals surface area contributed by atoms with E-state index in [0.717, 1.165) is 6.42 Å². The fourth-order valence-electron chi connectivity index (χ4n) is 1.35. The summed E-state index contributed by atoms with van der Waals surface area (Å²) >= 11 is 4.06. The monoisotopic (exact) mass is 223 g/mol.